The minimum atomic E-state index is -0.758. The fraction of sp³-hybridized carbons (Fsp3) is 0.455. The van der Waals surface area contributed by atoms with Crippen molar-refractivity contribution in [2.75, 3.05) is 6.61 Å². The van der Waals surface area contributed by atoms with Crippen LogP contribution in [0.1, 0.15) is 30.9 Å². The van der Waals surface area contributed by atoms with Gasteiger partial charge in [-0.2, -0.15) is 0 Å². The van der Waals surface area contributed by atoms with Crippen LogP contribution in [0, 0.1) is 10.1 Å². The summed E-state index contributed by atoms with van der Waals surface area (Å²) in [5.74, 6) is 0.474. The smallest absolute Gasteiger partial charge is 0.294 e. The molecular weight excluding hydrogens is 194 g/mol. The Morgan fingerprint density at radius 1 is 1.47 bits per heavy atom. The zero-order chi connectivity index (χ0) is 11.3. The summed E-state index contributed by atoms with van der Waals surface area (Å²) in [6.07, 6.45) is 0.571. The lowest BCUT2D eigenvalue weighted by molar-refractivity contribution is -0.757. The number of hydrogen-bond donors (Lipinski definition) is 0. The molecule has 4 nitrogen and oxygen atoms in total. The lowest BCUT2D eigenvalue weighted by atomic mass is 10.00. The van der Waals surface area contributed by atoms with Crippen molar-refractivity contribution in [1.82, 2.24) is 0 Å². The van der Waals surface area contributed by atoms with Gasteiger partial charge in [-0.1, -0.05) is 38.1 Å². The minimum Gasteiger partial charge on any atom is -0.314 e. The van der Waals surface area contributed by atoms with Gasteiger partial charge in [0, 0.05) is 0 Å². The molecule has 1 aromatic carbocycles. The van der Waals surface area contributed by atoms with Crippen molar-refractivity contribution in [2.24, 2.45) is 0 Å². The summed E-state index contributed by atoms with van der Waals surface area (Å²) in [4.78, 5) is 14.2. The molecule has 82 valence electrons. The van der Waals surface area contributed by atoms with Crippen molar-refractivity contribution in [2.45, 2.75) is 26.2 Å². The van der Waals surface area contributed by atoms with Crippen molar-refractivity contribution in [3.63, 3.8) is 0 Å². The molecule has 1 rings (SSSR count). The molecule has 4 heteroatoms. The summed E-state index contributed by atoms with van der Waals surface area (Å²) < 4.78 is 0. The molecule has 15 heavy (non-hydrogen) atoms. The highest BCUT2D eigenvalue weighted by Gasteiger charge is 2.01. The third-order valence-corrected chi connectivity index (χ3v) is 2.21. The van der Waals surface area contributed by atoms with E-state index in [4.69, 9.17) is 0 Å². The van der Waals surface area contributed by atoms with Crippen LogP contribution in [0.15, 0.2) is 24.3 Å². The standard InChI is InChI=1S/C11H15NO3/c1-9(2)11-5-3-4-10(8-11)6-7-15-12(13)14/h3-5,8-9H,6-7H2,1-2H3. The highest BCUT2D eigenvalue weighted by Crippen LogP contribution is 2.15. The molecule has 0 atom stereocenters. The van der Waals surface area contributed by atoms with E-state index >= 15 is 0 Å². The normalized spacial score (nSPS) is 10.3. The summed E-state index contributed by atoms with van der Waals surface area (Å²) in [7, 11) is 0. The molecule has 0 N–H and O–H groups in total. The lowest BCUT2D eigenvalue weighted by Gasteiger charge is -2.07. The zero-order valence-corrected chi connectivity index (χ0v) is 8.97. The molecule has 0 aliphatic heterocycles. The van der Waals surface area contributed by atoms with Gasteiger partial charge in [0.1, 0.15) is 6.61 Å². The molecule has 0 saturated heterocycles. The van der Waals surface area contributed by atoms with Crippen LogP contribution >= 0.6 is 0 Å². The topological polar surface area (TPSA) is 52.4 Å². The molecule has 0 bridgehead atoms. The van der Waals surface area contributed by atoms with Gasteiger partial charge in [0.2, 0.25) is 0 Å². The maximum atomic E-state index is 9.95. The first-order chi connectivity index (χ1) is 7.09. The van der Waals surface area contributed by atoms with Gasteiger partial charge in [-0.25, -0.2) is 0 Å². The van der Waals surface area contributed by atoms with Crippen molar-refractivity contribution in [1.29, 1.82) is 0 Å². The Hall–Kier alpha value is -1.58. The van der Waals surface area contributed by atoms with Crippen LogP contribution in [0.3, 0.4) is 0 Å². The minimum absolute atomic E-state index is 0.120. The first-order valence-corrected chi connectivity index (χ1v) is 4.95. The molecule has 0 radical (unpaired) electrons. The van der Waals surface area contributed by atoms with Crippen LogP contribution in [0.2, 0.25) is 0 Å². The second-order valence-electron chi connectivity index (χ2n) is 3.71. The SMILES string of the molecule is CC(C)c1cccc(CCO[N+](=O)[O-])c1. The van der Waals surface area contributed by atoms with Crippen molar-refractivity contribution >= 4 is 0 Å². The predicted octanol–water partition coefficient (Wildman–Crippen LogP) is 2.56. The zero-order valence-electron chi connectivity index (χ0n) is 8.97. The fourth-order valence-corrected chi connectivity index (χ4v) is 1.35. The van der Waals surface area contributed by atoms with E-state index in [-0.39, 0.29) is 6.61 Å². The monoisotopic (exact) mass is 209 g/mol. The van der Waals surface area contributed by atoms with Crippen LogP contribution in [0.4, 0.5) is 0 Å². The number of rotatable bonds is 5. The van der Waals surface area contributed by atoms with Crippen molar-refractivity contribution in [3.8, 4) is 0 Å². The van der Waals surface area contributed by atoms with E-state index in [9.17, 15) is 10.1 Å². The van der Waals surface area contributed by atoms with Gasteiger partial charge < -0.3 is 4.84 Å². The van der Waals surface area contributed by atoms with Gasteiger partial charge in [-0.15, -0.1) is 10.1 Å². The highest BCUT2D eigenvalue weighted by molar-refractivity contribution is 5.25. The summed E-state index contributed by atoms with van der Waals surface area (Å²) in [5, 5.41) is 9.19. The van der Waals surface area contributed by atoms with Gasteiger partial charge in [0.15, 0.2) is 0 Å². The van der Waals surface area contributed by atoms with Gasteiger partial charge in [-0.05, 0) is 23.5 Å². The third-order valence-electron chi connectivity index (χ3n) is 2.21. The number of nitrogens with zero attached hydrogens (tertiary/aromatic N) is 1. The van der Waals surface area contributed by atoms with Gasteiger partial charge in [0.05, 0.1) is 0 Å². The fourth-order valence-electron chi connectivity index (χ4n) is 1.35. The van der Waals surface area contributed by atoms with Gasteiger partial charge >= 0.3 is 0 Å². The molecule has 0 aromatic heterocycles. The Morgan fingerprint density at radius 3 is 2.80 bits per heavy atom. The Labute approximate surface area is 89.0 Å². The van der Waals surface area contributed by atoms with Crippen LogP contribution in [0.5, 0.6) is 0 Å². The Kier molecular flexibility index (Phi) is 4.09. The molecule has 0 spiro atoms. The Balaban J connectivity index is 2.54. The summed E-state index contributed by atoms with van der Waals surface area (Å²) in [6, 6.07) is 8.04. The molecule has 0 fully saturated rings. The third kappa shape index (κ3) is 3.97. The predicted molar refractivity (Wildman–Crippen MR) is 57.2 cm³/mol. The quantitative estimate of drug-likeness (QED) is 0.553. The highest BCUT2D eigenvalue weighted by atomic mass is 16.9. The van der Waals surface area contributed by atoms with E-state index in [1.807, 2.05) is 12.1 Å². The molecule has 0 heterocycles. The maximum absolute atomic E-state index is 9.95. The largest absolute Gasteiger partial charge is 0.314 e. The summed E-state index contributed by atoms with van der Waals surface area (Å²) in [6.45, 7) is 4.35. The molecule has 0 unspecified atom stereocenters. The summed E-state index contributed by atoms with van der Waals surface area (Å²) in [5.41, 5.74) is 2.32. The van der Waals surface area contributed by atoms with Crippen LogP contribution in [0.25, 0.3) is 0 Å². The Bertz CT molecular complexity index is 336. The number of benzene rings is 1. The molecule has 0 aliphatic carbocycles. The maximum Gasteiger partial charge on any atom is 0.294 e. The first-order valence-electron chi connectivity index (χ1n) is 4.95. The average molecular weight is 209 g/mol. The van der Waals surface area contributed by atoms with Crippen molar-refractivity contribution in [3.05, 3.63) is 45.5 Å². The molecule has 0 amide bonds. The molecule has 0 saturated carbocycles. The van der Waals surface area contributed by atoms with E-state index < -0.39 is 5.09 Å². The van der Waals surface area contributed by atoms with Gasteiger partial charge in [0.25, 0.3) is 5.09 Å². The van der Waals surface area contributed by atoms with E-state index in [0.717, 1.165) is 5.56 Å². The van der Waals surface area contributed by atoms with Crippen LogP contribution in [-0.2, 0) is 11.3 Å². The summed E-state index contributed by atoms with van der Waals surface area (Å²) >= 11 is 0. The molecule has 1 aromatic rings. The van der Waals surface area contributed by atoms with E-state index in [2.05, 4.69) is 30.8 Å². The second kappa shape index (κ2) is 5.34. The van der Waals surface area contributed by atoms with Crippen molar-refractivity contribution < 1.29 is 9.92 Å². The first kappa shape index (κ1) is 11.5. The number of hydrogen-bond acceptors (Lipinski definition) is 3. The molecular formula is C11H15NO3. The van der Waals surface area contributed by atoms with Crippen LogP contribution in [-0.4, -0.2) is 11.7 Å². The van der Waals surface area contributed by atoms with E-state index in [0.29, 0.717) is 12.3 Å². The van der Waals surface area contributed by atoms with E-state index in [1.54, 1.807) is 0 Å². The Morgan fingerprint density at radius 2 is 2.20 bits per heavy atom. The van der Waals surface area contributed by atoms with Crippen LogP contribution < -0.4 is 0 Å². The molecule has 0 aliphatic rings. The van der Waals surface area contributed by atoms with Gasteiger partial charge in [-0.3, -0.25) is 0 Å². The average Bonchev–Trinajstić information content (AvgIpc) is 2.17. The van der Waals surface area contributed by atoms with E-state index in [1.165, 1.54) is 5.56 Å². The second-order valence-corrected chi connectivity index (χ2v) is 3.71. The lowest BCUT2D eigenvalue weighted by Crippen LogP contribution is -2.04.